The summed E-state index contributed by atoms with van der Waals surface area (Å²) in [5.74, 6) is -0.324. The molecule has 3 heterocycles. The van der Waals surface area contributed by atoms with Crippen LogP contribution in [-0.4, -0.2) is 59.8 Å². The van der Waals surface area contributed by atoms with Crippen LogP contribution in [0.1, 0.15) is 32.1 Å². The number of morpholine rings is 1. The Bertz CT molecular complexity index is 604. The lowest BCUT2D eigenvalue weighted by molar-refractivity contribution is -0.168. The van der Waals surface area contributed by atoms with Gasteiger partial charge in [0.25, 0.3) is 5.91 Å². The first-order valence-corrected chi connectivity index (χ1v) is 8.88. The van der Waals surface area contributed by atoms with Gasteiger partial charge in [-0.05, 0) is 44.2 Å². The fourth-order valence-electron chi connectivity index (χ4n) is 4.11. The first kappa shape index (κ1) is 15.8. The molecule has 1 spiro atoms. The minimum absolute atomic E-state index is 0.324. The van der Waals surface area contributed by atoms with Gasteiger partial charge in [-0.2, -0.15) is 0 Å². The Labute approximate surface area is 141 Å². The average molecular weight is 333 g/mol. The smallest absolute Gasteiger partial charge is 0.260 e. The van der Waals surface area contributed by atoms with Gasteiger partial charge < -0.3 is 14.5 Å². The van der Waals surface area contributed by atoms with Gasteiger partial charge in [0, 0.05) is 25.8 Å². The van der Waals surface area contributed by atoms with Gasteiger partial charge in [-0.1, -0.05) is 0 Å². The Kier molecular flexibility index (Phi) is 3.95. The molecule has 2 aliphatic heterocycles. The van der Waals surface area contributed by atoms with E-state index in [-0.39, 0.29) is 11.5 Å². The molecule has 24 heavy (non-hydrogen) atoms. The van der Waals surface area contributed by atoms with Crippen molar-refractivity contribution in [3.8, 4) is 0 Å². The lowest BCUT2D eigenvalue weighted by atomic mass is 9.80. The number of rotatable bonds is 2. The molecule has 0 aromatic carbocycles. The van der Waals surface area contributed by atoms with Crippen LogP contribution in [0.4, 0.5) is 10.1 Å². The van der Waals surface area contributed by atoms with E-state index >= 15 is 0 Å². The highest BCUT2D eigenvalue weighted by atomic mass is 19.1. The van der Waals surface area contributed by atoms with Gasteiger partial charge in [0.2, 0.25) is 0 Å². The van der Waals surface area contributed by atoms with E-state index in [0.29, 0.717) is 32.5 Å². The number of pyridine rings is 1. The van der Waals surface area contributed by atoms with Crippen molar-refractivity contribution in [3.63, 3.8) is 0 Å². The van der Waals surface area contributed by atoms with E-state index in [1.807, 2.05) is 18.3 Å². The monoisotopic (exact) mass is 333 g/mol. The van der Waals surface area contributed by atoms with Crippen molar-refractivity contribution in [1.29, 1.82) is 0 Å². The zero-order valence-corrected chi connectivity index (χ0v) is 13.9. The lowest BCUT2D eigenvalue weighted by Gasteiger charge is -2.50. The highest BCUT2D eigenvalue weighted by Crippen LogP contribution is 2.39. The van der Waals surface area contributed by atoms with E-state index in [9.17, 15) is 9.18 Å². The van der Waals surface area contributed by atoms with E-state index in [1.54, 1.807) is 11.1 Å². The molecule has 4 rings (SSSR count). The van der Waals surface area contributed by atoms with Gasteiger partial charge in [0.05, 0.1) is 25.0 Å². The molecule has 5 nitrogen and oxygen atoms in total. The molecule has 0 N–H and O–H groups in total. The van der Waals surface area contributed by atoms with Gasteiger partial charge in [0.1, 0.15) is 5.60 Å². The molecule has 1 aromatic heterocycles. The van der Waals surface area contributed by atoms with Crippen LogP contribution in [0.5, 0.6) is 0 Å². The average Bonchev–Trinajstić information content (AvgIpc) is 2.60. The van der Waals surface area contributed by atoms with Gasteiger partial charge in [-0.3, -0.25) is 9.78 Å². The molecule has 6 heteroatoms. The number of anilines is 1. The third kappa shape index (κ3) is 2.77. The number of nitrogens with zero attached hydrogens (tertiary/aromatic N) is 3. The molecule has 1 aromatic rings. The van der Waals surface area contributed by atoms with Crippen LogP contribution in [-0.2, 0) is 9.53 Å². The van der Waals surface area contributed by atoms with Crippen molar-refractivity contribution in [2.45, 2.75) is 43.4 Å². The Morgan fingerprint density at radius 2 is 2.08 bits per heavy atom. The van der Waals surface area contributed by atoms with E-state index in [2.05, 4.69) is 9.88 Å². The molecule has 0 bridgehead atoms. The maximum absolute atomic E-state index is 14.5. The van der Waals surface area contributed by atoms with E-state index in [4.69, 9.17) is 4.74 Å². The molecule has 1 atom stereocenters. The Hall–Kier alpha value is -1.69. The summed E-state index contributed by atoms with van der Waals surface area (Å²) in [7, 11) is 0. The Morgan fingerprint density at radius 1 is 1.21 bits per heavy atom. The lowest BCUT2D eigenvalue weighted by Crippen LogP contribution is -2.63. The standard InChI is InChI=1S/C18H24FN3O2/c19-18(6-2-7-18)16(23)22-10-11-24-17(14-22)5-3-9-21(13-17)15-4-1-8-20-12-15/h1,4,8,12H,2-3,5-7,9-11,13-14H2. The number of piperidine rings is 1. The SMILES string of the molecule is O=C(N1CCOC2(CCCN(c3cccnc3)C2)C1)C1(F)CCC1. The molecule has 2 saturated heterocycles. The van der Waals surface area contributed by atoms with Crippen LogP contribution < -0.4 is 4.90 Å². The fourth-order valence-corrected chi connectivity index (χ4v) is 4.11. The normalized spacial score (nSPS) is 29.4. The van der Waals surface area contributed by atoms with Crippen LogP contribution in [0.3, 0.4) is 0 Å². The van der Waals surface area contributed by atoms with Crippen molar-refractivity contribution in [2.24, 2.45) is 0 Å². The second kappa shape index (κ2) is 5.99. The summed E-state index contributed by atoms with van der Waals surface area (Å²) >= 11 is 0. The van der Waals surface area contributed by atoms with Crippen LogP contribution in [0.2, 0.25) is 0 Å². The third-order valence-electron chi connectivity index (χ3n) is 5.62. The second-order valence-electron chi connectivity index (χ2n) is 7.31. The summed E-state index contributed by atoms with van der Waals surface area (Å²) in [4.78, 5) is 20.7. The van der Waals surface area contributed by atoms with Crippen LogP contribution in [0, 0.1) is 0 Å². The minimum Gasteiger partial charge on any atom is -0.369 e. The fraction of sp³-hybridized carbons (Fsp3) is 0.667. The highest BCUT2D eigenvalue weighted by Gasteiger charge is 2.50. The number of carbonyl (C=O) groups excluding carboxylic acids is 1. The molecule has 0 radical (unpaired) electrons. The number of halogens is 1. The van der Waals surface area contributed by atoms with Crippen molar-refractivity contribution in [3.05, 3.63) is 24.5 Å². The summed E-state index contributed by atoms with van der Waals surface area (Å²) in [5.41, 5.74) is -0.928. The highest BCUT2D eigenvalue weighted by molar-refractivity contribution is 5.86. The zero-order chi connectivity index (χ0) is 16.6. The maximum Gasteiger partial charge on any atom is 0.260 e. The second-order valence-corrected chi connectivity index (χ2v) is 7.31. The maximum atomic E-state index is 14.5. The summed E-state index contributed by atoms with van der Waals surface area (Å²) in [5, 5.41) is 0. The number of carbonyl (C=O) groups is 1. The number of alkyl halides is 1. The van der Waals surface area contributed by atoms with Gasteiger partial charge in [0.15, 0.2) is 5.67 Å². The Morgan fingerprint density at radius 3 is 2.79 bits per heavy atom. The number of aromatic nitrogens is 1. The molecular formula is C18H24FN3O2. The number of ether oxygens (including phenoxy) is 1. The molecular weight excluding hydrogens is 309 g/mol. The number of hydrogen-bond acceptors (Lipinski definition) is 4. The Balaban J connectivity index is 1.48. The predicted molar refractivity (Wildman–Crippen MR) is 88.6 cm³/mol. The van der Waals surface area contributed by atoms with E-state index in [0.717, 1.165) is 38.0 Å². The van der Waals surface area contributed by atoms with Crippen molar-refractivity contribution in [1.82, 2.24) is 9.88 Å². The minimum atomic E-state index is -1.61. The van der Waals surface area contributed by atoms with E-state index < -0.39 is 5.67 Å². The largest absolute Gasteiger partial charge is 0.369 e. The summed E-state index contributed by atoms with van der Waals surface area (Å²) < 4.78 is 20.7. The zero-order valence-electron chi connectivity index (χ0n) is 13.9. The van der Waals surface area contributed by atoms with Crippen LogP contribution in [0.25, 0.3) is 0 Å². The van der Waals surface area contributed by atoms with Crippen LogP contribution >= 0.6 is 0 Å². The van der Waals surface area contributed by atoms with Crippen molar-refractivity contribution >= 4 is 11.6 Å². The van der Waals surface area contributed by atoms with Gasteiger partial charge >= 0.3 is 0 Å². The summed E-state index contributed by atoms with van der Waals surface area (Å²) in [6.45, 7) is 3.16. The number of amides is 1. The third-order valence-corrected chi connectivity index (χ3v) is 5.62. The van der Waals surface area contributed by atoms with Gasteiger partial charge in [-0.25, -0.2) is 4.39 Å². The van der Waals surface area contributed by atoms with Crippen molar-refractivity contribution < 1.29 is 13.9 Å². The molecule has 1 saturated carbocycles. The molecule has 3 aliphatic rings. The molecule has 1 aliphatic carbocycles. The van der Waals surface area contributed by atoms with Crippen molar-refractivity contribution in [2.75, 3.05) is 37.7 Å². The topological polar surface area (TPSA) is 45.7 Å². The van der Waals surface area contributed by atoms with Crippen LogP contribution in [0.15, 0.2) is 24.5 Å². The molecule has 1 unspecified atom stereocenters. The van der Waals surface area contributed by atoms with Gasteiger partial charge in [-0.15, -0.1) is 0 Å². The number of hydrogen-bond donors (Lipinski definition) is 0. The predicted octanol–water partition coefficient (Wildman–Crippen LogP) is 2.17. The molecule has 130 valence electrons. The summed E-state index contributed by atoms with van der Waals surface area (Å²) in [6.07, 6.45) is 7.09. The quantitative estimate of drug-likeness (QED) is 0.832. The molecule has 1 amide bonds. The molecule has 3 fully saturated rings. The van der Waals surface area contributed by atoms with E-state index in [1.165, 1.54) is 0 Å². The summed E-state index contributed by atoms with van der Waals surface area (Å²) in [6, 6.07) is 3.97. The first-order chi connectivity index (χ1) is 11.6. The first-order valence-electron chi connectivity index (χ1n) is 8.88.